The minimum atomic E-state index is -4.50. The minimum absolute atomic E-state index is 0.00575. The van der Waals surface area contributed by atoms with E-state index < -0.39 is 11.2 Å². The largest absolute Gasteiger partial charge is 0.445 e. The van der Waals surface area contributed by atoms with E-state index in [1.807, 2.05) is 0 Å². The van der Waals surface area contributed by atoms with Gasteiger partial charge in [0.05, 0.1) is 0 Å². The summed E-state index contributed by atoms with van der Waals surface area (Å²) in [6.07, 6.45) is -4.28. The highest BCUT2D eigenvalue weighted by Gasteiger charge is 2.36. The Balaban J connectivity index is 2.85. The van der Waals surface area contributed by atoms with Crippen molar-refractivity contribution in [1.29, 1.82) is 0 Å². The highest BCUT2D eigenvalue weighted by atomic mass is 32.1. The van der Waals surface area contributed by atoms with E-state index in [-0.39, 0.29) is 23.4 Å². The molecule has 0 aliphatic carbocycles. The van der Waals surface area contributed by atoms with Crippen LogP contribution in [0.15, 0.2) is 5.16 Å². The molecule has 0 aliphatic rings. The molecule has 0 saturated carbocycles. The number of hydrogen-bond acceptors (Lipinski definition) is 6. The molecule has 19 heavy (non-hydrogen) atoms. The average Bonchev–Trinajstić information content (AvgIpc) is 2.77. The van der Waals surface area contributed by atoms with E-state index in [0.29, 0.717) is 17.9 Å². The molecular formula is C9H14F3N5OS. The fraction of sp³-hybridized carbons (Fsp3) is 0.667. The van der Waals surface area contributed by atoms with Crippen molar-refractivity contribution in [2.24, 2.45) is 10.9 Å². The lowest BCUT2D eigenvalue weighted by Crippen LogP contribution is -2.34. The minimum Gasteiger partial charge on any atom is -0.409 e. The maximum Gasteiger partial charge on any atom is 0.445 e. The number of oxime groups is 1. The average molecular weight is 297 g/mol. The van der Waals surface area contributed by atoms with E-state index in [1.54, 1.807) is 18.7 Å². The summed E-state index contributed by atoms with van der Waals surface area (Å²) in [5.74, 6) is 0.00575. The fourth-order valence-corrected chi connectivity index (χ4v) is 2.18. The van der Waals surface area contributed by atoms with Crippen molar-refractivity contribution in [3.05, 3.63) is 5.01 Å². The molecule has 0 fully saturated rings. The molecule has 10 heteroatoms. The van der Waals surface area contributed by atoms with Crippen molar-refractivity contribution in [1.82, 2.24) is 10.2 Å². The molecule has 0 spiro atoms. The number of rotatable bonds is 5. The number of aromatic nitrogens is 2. The van der Waals surface area contributed by atoms with Crippen LogP contribution in [0.25, 0.3) is 0 Å². The summed E-state index contributed by atoms with van der Waals surface area (Å²) in [6, 6.07) is -0.0828. The summed E-state index contributed by atoms with van der Waals surface area (Å²) < 4.78 is 37.4. The number of anilines is 1. The van der Waals surface area contributed by atoms with Gasteiger partial charge in [0, 0.05) is 19.0 Å². The van der Waals surface area contributed by atoms with Crippen LogP contribution in [0.1, 0.15) is 25.3 Å². The molecule has 1 aromatic heterocycles. The van der Waals surface area contributed by atoms with Gasteiger partial charge in [-0.05, 0) is 13.8 Å². The Morgan fingerprint density at radius 3 is 2.53 bits per heavy atom. The molecule has 6 nitrogen and oxygen atoms in total. The topological polar surface area (TPSA) is 87.6 Å². The normalized spacial score (nSPS) is 13.1. The summed E-state index contributed by atoms with van der Waals surface area (Å²) in [5, 5.41) is 17.1. The van der Waals surface area contributed by atoms with Gasteiger partial charge in [-0.1, -0.05) is 16.5 Å². The maximum atomic E-state index is 12.5. The highest BCUT2D eigenvalue weighted by molar-refractivity contribution is 7.15. The SMILES string of the molecule is CC(C)N(CCC(N)=NO)c1nnc(C(F)(F)F)s1. The molecule has 0 aromatic carbocycles. The number of amidine groups is 1. The molecule has 3 N–H and O–H groups in total. The van der Waals surface area contributed by atoms with Gasteiger partial charge in [-0.3, -0.25) is 0 Å². The van der Waals surface area contributed by atoms with Crippen molar-refractivity contribution in [2.75, 3.05) is 11.4 Å². The van der Waals surface area contributed by atoms with E-state index in [1.165, 1.54) is 0 Å². The van der Waals surface area contributed by atoms with Crippen molar-refractivity contribution >= 4 is 22.3 Å². The summed E-state index contributed by atoms with van der Waals surface area (Å²) in [6.45, 7) is 3.90. The number of alkyl halides is 3. The molecule has 0 saturated heterocycles. The van der Waals surface area contributed by atoms with Crippen molar-refractivity contribution < 1.29 is 18.4 Å². The Morgan fingerprint density at radius 2 is 2.11 bits per heavy atom. The summed E-state index contributed by atoms with van der Waals surface area (Å²) >= 11 is 0.471. The van der Waals surface area contributed by atoms with Crippen LogP contribution in [-0.2, 0) is 6.18 Å². The first-order valence-corrected chi connectivity index (χ1v) is 6.21. The summed E-state index contributed by atoms with van der Waals surface area (Å²) in [4.78, 5) is 1.62. The molecule has 108 valence electrons. The maximum absolute atomic E-state index is 12.5. The second-order valence-corrected chi connectivity index (χ2v) is 4.97. The third-order valence-corrected chi connectivity index (χ3v) is 3.27. The van der Waals surface area contributed by atoms with Crippen LogP contribution in [0.5, 0.6) is 0 Å². The Bertz CT molecular complexity index is 445. The predicted molar refractivity (Wildman–Crippen MR) is 65.4 cm³/mol. The van der Waals surface area contributed by atoms with Crippen LogP contribution in [0.4, 0.5) is 18.3 Å². The molecule has 0 amide bonds. The van der Waals surface area contributed by atoms with E-state index in [2.05, 4.69) is 15.4 Å². The lowest BCUT2D eigenvalue weighted by molar-refractivity contribution is -0.138. The van der Waals surface area contributed by atoms with Crippen LogP contribution in [0.3, 0.4) is 0 Å². The van der Waals surface area contributed by atoms with E-state index in [0.717, 1.165) is 0 Å². The van der Waals surface area contributed by atoms with Crippen LogP contribution in [0, 0.1) is 0 Å². The molecule has 0 unspecified atom stereocenters. The van der Waals surface area contributed by atoms with E-state index in [9.17, 15) is 13.2 Å². The van der Waals surface area contributed by atoms with E-state index >= 15 is 0 Å². The Kier molecular flexibility index (Phi) is 4.92. The molecular weight excluding hydrogens is 283 g/mol. The lowest BCUT2D eigenvalue weighted by atomic mass is 10.3. The molecule has 0 atom stereocenters. The molecule has 1 rings (SSSR count). The zero-order chi connectivity index (χ0) is 14.6. The van der Waals surface area contributed by atoms with Gasteiger partial charge in [-0.2, -0.15) is 13.2 Å². The Labute approximate surface area is 111 Å². The number of nitrogens with zero attached hydrogens (tertiary/aromatic N) is 4. The Hall–Kier alpha value is -1.58. The first-order chi connectivity index (χ1) is 8.75. The van der Waals surface area contributed by atoms with Gasteiger partial charge in [0.25, 0.3) is 0 Å². The second kappa shape index (κ2) is 6.04. The summed E-state index contributed by atoms with van der Waals surface area (Å²) in [7, 11) is 0. The van der Waals surface area contributed by atoms with Gasteiger partial charge in [-0.15, -0.1) is 10.2 Å². The number of nitrogens with two attached hydrogens (primary N) is 1. The Morgan fingerprint density at radius 1 is 1.47 bits per heavy atom. The monoisotopic (exact) mass is 297 g/mol. The van der Waals surface area contributed by atoms with Crippen LogP contribution >= 0.6 is 11.3 Å². The summed E-state index contributed by atoms with van der Waals surface area (Å²) in [5.41, 5.74) is 5.33. The smallest absolute Gasteiger partial charge is 0.409 e. The van der Waals surface area contributed by atoms with Gasteiger partial charge >= 0.3 is 6.18 Å². The fourth-order valence-electron chi connectivity index (χ4n) is 1.31. The first kappa shape index (κ1) is 15.5. The van der Waals surface area contributed by atoms with Crippen LogP contribution in [-0.4, -0.2) is 33.8 Å². The highest BCUT2D eigenvalue weighted by Crippen LogP contribution is 2.34. The standard InChI is InChI=1S/C9H14F3N5OS/c1-5(2)17(4-3-6(13)16-18)8-15-14-7(19-8)9(10,11)12/h5,18H,3-4H2,1-2H3,(H2,13,16). The zero-order valence-corrected chi connectivity index (χ0v) is 11.2. The van der Waals surface area contributed by atoms with Crippen molar-refractivity contribution in [3.63, 3.8) is 0 Å². The van der Waals surface area contributed by atoms with Crippen molar-refractivity contribution in [2.45, 2.75) is 32.5 Å². The van der Waals surface area contributed by atoms with Crippen LogP contribution in [0.2, 0.25) is 0 Å². The molecule has 0 bridgehead atoms. The van der Waals surface area contributed by atoms with Gasteiger partial charge < -0.3 is 15.8 Å². The lowest BCUT2D eigenvalue weighted by Gasteiger charge is -2.25. The van der Waals surface area contributed by atoms with Crippen LogP contribution < -0.4 is 10.6 Å². The third kappa shape index (κ3) is 4.23. The molecule has 0 aliphatic heterocycles. The van der Waals surface area contributed by atoms with Gasteiger partial charge in [-0.25, -0.2) is 0 Å². The number of halogens is 3. The molecule has 0 radical (unpaired) electrons. The zero-order valence-electron chi connectivity index (χ0n) is 10.3. The van der Waals surface area contributed by atoms with Crippen molar-refractivity contribution in [3.8, 4) is 0 Å². The van der Waals surface area contributed by atoms with Gasteiger partial charge in [0.1, 0.15) is 5.84 Å². The van der Waals surface area contributed by atoms with Gasteiger partial charge in [0.2, 0.25) is 10.1 Å². The first-order valence-electron chi connectivity index (χ1n) is 5.39. The number of hydrogen-bond donors (Lipinski definition) is 2. The molecule has 1 aromatic rings. The quantitative estimate of drug-likeness (QED) is 0.375. The molecule has 1 heterocycles. The second-order valence-electron chi connectivity index (χ2n) is 4.02. The van der Waals surface area contributed by atoms with E-state index in [4.69, 9.17) is 10.9 Å². The van der Waals surface area contributed by atoms with Gasteiger partial charge in [0.15, 0.2) is 0 Å². The third-order valence-electron chi connectivity index (χ3n) is 2.26. The predicted octanol–water partition coefficient (Wildman–Crippen LogP) is 1.91.